The first-order valence-corrected chi connectivity index (χ1v) is 10.4. The summed E-state index contributed by atoms with van der Waals surface area (Å²) in [5.41, 5.74) is 2.21. The Labute approximate surface area is 200 Å². The molecule has 0 aliphatic carbocycles. The number of nitrogens with one attached hydrogen (secondary N) is 1. The molecule has 2 aromatic carbocycles. The molecule has 31 heavy (non-hydrogen) atoms. The predicted octanol–water partition coefficient (Wildman–Crippen LogP) is 4.14. The number of rotatable bonds is 6. The number of guanidine groups is 1. The number of aliphatic hydroxyl groups excluding tert-OH is 1. The summed E-state index contributed by atoms with van der Waals surface area (Å²) in [6, 6.07) is 11.7. The van der Waals surface area contributed by atoms with Gasteiger partial charge in [-0.05, 0) is 55.2 Å². The van der Waals surface area contributed by atoms with Gasteiger partial charge in [0.1, 0.15) is 11.6 Å². The van der Waals surface area contributed by atoms with Crippen LogP contribution in [0.2, 0.25) is 0 Å². The second-order valence-electron chi connectivity index (χ2n) is 7.66. The molecule has 0 spiro atoms. The maximum Gasteiger partial charge on any atom is 0.194 e. The van der Waals surface area contributed by atoms with Crippen LogP contribution in [0.4, 0.5) is 14.5 Å². The van der Waals surface area contributed by atoms with Crippen LogP contribution < -0.4 is 10.2 Å². The second kappa shape index (κ2) is 12.2. The van der Waals surface area contributed by atoms with Crippen molar-refractivity contribution >= 4 is 35.6 Å². The number of benzene rings is 2. The molecule has 0 saturated carbocycles. The van der Waals surface area contributed by atoms with E-state index < -0.39 is 0 Å². The third-order valence-corrected chi connectivity index (χ3v) is 5.23. The molecule has 1 aliphatic heterocycles. The molecule has 5 nitrogen and oxygen atoms in total. The highest BCUT2D eigenvalue weighted by Crippen LogP contribution is 2.24. The smallest absolute Gasteiger partial charge is 0.194 e. The molecule has 8 heteroatoms. The Bertz CT molecular complexity index is 872. The number of aliphatic hydroxyl groups is 1. The lowest BCUT2D eigenvalue weighted by molar-refractivity contribution is 0.145. The van der Waals surface area contributed by atoms with E-state index in [0.717, 1.165) is 11.1 Å². The van der Waals surface area contributed by atoms with Crippen molar-refractivity contribution in [1.82, 2.24) is 10.2 Å². The van der Waals surface area contributed by atoms with Crippen molar-refractivity contribution in [2.45, 2.75) is 39.0 Å². The molecule has 0 unspecified atom stereocenters. The summed E-state index contributed by atoms with van der Waals surface area (Å²) in [6.45, 7) is 4.84. The average Bonchev–Trinajstić information content (AvgIpc) is 2.72. The Morgan fingerprint density at radius 2 is 1.90 bits per heavy atom. The Morgan fingerprint density at radius 3 is 2.55 bits per heavy atom. The van der Waals surface area contributed by atoms with Crippen LogP contribution in [0.3, 0.4) is 0 Å². The number of hydrogen-bond acceptors (Lipinski definition) is 3. The van der Waals surface area contributed by atoms with Gasteiger partial charge in [-0.3, -0.25) is 0 Å². The van der Waals surface area contributed by atoms with Gasteiger partial charge in [-0.15, -0.1) is 24.0 Å². The number of anilines is 1. The van der Waals surface area contributed by atoms with E-state index in [1.165, 1.54) is 18.2 Å². The van der Waals surface area contributed by atoms with Crippen molar-refractivity contribution in [3.8, 4) is 0 Å². The molecule has 1 saturated heterocycles. The van der Waals surface area contributed by atoms with Gasteiger partial charge in [0, 0.05) is 33.2 Å². The van der Waals surface area contributed by atoms with Crippen molar-refractivity contribution in [3.05, 3.63) is 65.2 Å². The van der Waals surface area contributed by atoms with Crippen molar-refractivity contribution in [2.75, 3.05) is 31.6 Å². The van der Waals surface area contributed by atoms with Crippen LogP contribution in [0.1, 0.15) is 30.9 Å². The minimum Gasteiger partial charge on any atom is -0.393 e. The number of halogens is 3. The Hall–Kier alpha value is -1.94. The summed E-state index contributed by atoms with van der Waals surface area (Å²) in [5.74, 6) is 0.148. The van der Waals surface area contributed by atoms with Crippen LogP contribution in [0.15, 0.2) is 47.5 Å². The molecule has 1 aliphatic rings. The number of nitrogens with zero attached hydrogens (tertiary/aromatic N) is 3. The van der Waals surface area contributed by atoms with Gasteiger partial charge < -0.3 is 20.2 Å². The van der Waals surface area contributed by atoms with Crippen molar-refractivity contribution in [3.63, 3.8) is 0 Å². The van der Waals surface area contributed by atoms with Gasteiger partial charge in [0.15, 0.2) is 5.96 Å². The topological polar surface area (TPSA) is 51.1 Å². The fourth-order valence-corrected chi connectivity index (χ4v) is 3.63. The van der Waals surface area contributed by atoms with Crippen LogP contribution in [0.25, 0.3) is 0 Å². The fourth-order valence-electron chi connectivity index (χ4n) is 3.63. The molecule has 0 aromatic heterocycles. The Kier molecular flexibility index (Phi) is 9.95. The zero-order chi connectivity index (χ0) is 21.5. The van der Waals surface area contributed by atoms with Crippen molar-refractivity contribution in [2.24, 2.45) is 4.99 Å². The SMILES string of the molecule is CCNC(=NCc1ccc(N2CCC(O)CC2)c(F)c1)N(C)Cc1cccc(F)c1.I. The summed E-state index contributed by atoms with van der Waals surface area (Å²) in [4.78, 5) is 8.52. The first kappa shape index (κ1) is 25.3. The summed E-state index contributed by atoms with van der Waals surface area (Å²) >= 11 is 0. The maximum atomic E-state index is 14.7. The number of aliphatic imine (C=N–C) groups is 1. The van der Waals surface area contributed by atoms with E-state index in [1.54, 1.807) is 12.1 Å². The molecule has 1 fully saturated rings. The van der Waals surface area contributed by atoms with Crippen molar-refractivity contribution < 1.29 is 13.9 Å². The third-order valence-electron chi connectivity index (χ3n) is 5.23. The quantitative estimate of drug-likeness (QED) is 0.326. The zero-order valence-corrected chi connectivity index (χ0v) is 20.4. The minimum atomic E-state index is -0.285. The van der Waals surface area contributed by atoms with E-state index in [1.807, 2.05) is 35.9 Å². The maximum absolute atomic E-state index is 14.7. The predicted molar refractivity (Wildman–Crippen MR) is 132 cm³/mol. The fraction of sp³-hybridized carbons (Fsp3) is 0.435. The zero-order valence-electron chi connectivity index (χ0n) is 18.0. The van der Waals surface area contributed by atoms with E-state index in [-0.39, 0.29) is 41.7 Å². The summed E-state index contributed by atoms with van der Waals surface area (Å²) in [7, 11) is 1.89. The lowest BCUT2D eigenvalue weighted by atomic mass is 10.1. The highest BCUT2D eigenvalue weighted by atomic mass is 127. The molecule has 2 N–H and O–H groups in total. The van der Waals surface area contributed by atoms with Gasteiger partial charge in [-0.2, -0.15) is 0 Å². The van der Waals surface area contributed by atoms with Gasteiger partial charge in [0.05, 0.1) is 18.3 Å². The summed E-state index contributed by atoms with van der Waals surface area (Å²) < 4.78 is 28.1. The largest absolute Gasteiger partial charge is 0.393 e. The molecular formula is C23H31F2IN4O. The second-order valence-corrected chi connectivity index (χ2v) is 7.66. The highest BCUT2D eigenvalue weighted by molar-refractivity contribution is 14.0. The first-order chi connectivity index (χ1) is 14.5. The molecule has 0 amide bonds. The molecule has 1 heterocycles. The lowest BCUT2D eigenvalue weighted by Crippen LogP contribution is -2.38. The molecular weight excluding hydrogens is 513 g/mol. The van der Waals surface area contributed by atoms with Crippen LogP contribution in [0, 0.1) is 11.6 Å². The van der Waals surface area contributed by atoms with Gasteiger partial charge in [-0.1, -0.05) is 18.2 Å². The lowest BCUT2D eigenvalue weighted by Gasteiger charge is -2.31. The Morgan fingerprint density at radius 1 is 1.16 bits per heavy atom. The molecule has 3 rings (SSSR count). The molecule has 0 atom stereocenters. The highest BCUT2D eigenvalue weighted by Gasteiger charge is 2.19. The Balaban J connectivity index is 0.00000341. The standard InChI is InChI=1S/C23H30F2N4O.HI/c1-3-26-23(28(2)16-18-5-4-6-19(24)13-18)27-15-17-7-8-22(21(25)14-17)29-11-9-20(30)10-12-29;/h4-8,13-14,20,30H,3,9-12,15-16H2,1-2H3,(H,26,27);1H. The van der Waals surface area contributed by atoms with E-state index >= 15 is 0 Å². The number of piperidine rings is 1. The van der Waals surface area contributed by atoms with Gasteiger partial charge >= 0.3 is 0 Å². The van der Waals surface area contributed by atoms with E-state index in [2.05, 4.69) is 10.3 Å². The van der Waals surface area contributed by atoms with E-state index in [9.17, 15) is 13.9 Å². The van der Waals surface area contributed by atoms with Crippen molar-refractivity contribution in [1.29, 1.82) is 0 Å². The summed E-state index contributed by atoms with van der Waals surface area (Å²) in [6.07, 6.45) is 1.04. The van der Waals surface area contributed by atoms with Crippen LogP contribution in [-0.4, -0.2) is 48.8 Å². The van der Waals surface area contributed by atoms with Crippen LogP contribution in [0.5, 0.6) is 0 Å². The van der Waals surface area contributed by atoms with Crippen LogP contribution in [-0.2, 0) is 13.1 Å². The van der Waals surface area contributed by atoms with Gasteiger partial charge in [-0.25, -0.2) is 13.8 Å². The average molecular weight is 544 g/mol. The molecule has 2 aromatic rings. The molecule has 170 valence electrons. The third kappa shape index (κ3) is 7.31. The van der Waals surface area contributed by atoms with E-state index in [4.69, 9.17) is 0 Å². The summed E-state index contributed by atoms with van der Waals surface area (Å²) in [5, 5.41) is 12.9. The monoisotopic (exact) mass is 544 g/mol. The van der Waals surface area contributed by atoms with Gasteiger partial charge in [0.2, 0.25) is 0 Å². The minimum absolute atomic E-state index is 0. The first-order valence-electron chi connectivity index (χ1n) is 10.4. The van der Waals surface area contributed by atoms with Crippen LogP contribution >= 0.6 is 24.0 Å². The molecule has 0 bridgehead atoms. The normalized spacial score (nSPS) is 14.9. The van der Waals surface area contributed by atoms with E-state index in [0.29, 0.717) is 57.2 Å². The van der Waals surface area contributed by atoms with Gasteiger partial charge in [0.25, 0.3) is 0 Å². The number of hydrogen-bond donors (Lipinski definition) is 2. The molecule has 0 radical (unpaired) electrons.